The van der Waals surface area contributed by atoms with Crippen molar-refractivity contribution in [2.45, 2.75) is 24.3 Å². The summed E-state index contributed by atoms with van der Waals surface area (Å²) in [6.45, 7) is 2.22. The molecule has 0 radical (unpaired) electrons. The van der Waals surface area contributed by atoms with Crippen LogP contribution >= 0.6 is 0 Å². The molecular formula is C15H19NO6S. The van der Waals surface area contributed by atoms with Crippen molar-refractivity contribution in [3.05, 3.63) is 29.8 Å². The minimum Gasteiger partial charge on any atom is -0.479 e. The van der Waals surface area contributed by atoms with Gasteiger partial charge in [0.1, 0.15) is 0 Å². The summed E-state index contributed by atoms with van der Waals surface area (Å²) in [6.07, 6.45) is -0.509. The van der Waals surface area contributed by atoms with Crippen LogP contribution in [0.15, 0.2) is 29.2 Å². The molecule has 1 heterocycles. The van der Waals surface area contributed by atoms with Gasteiger partial charge in [0, 0.05) is 12.1 Å². The number of morpholine rings is 1. The van der Waals surface area contributed by atoms with Gasteiger partial charge >= 0.3 is 5.97 Å². The van der Waals surface area contributed by atoms with E-state index in [4.69, 9.17) is 9.84 Å². The Morgan fingerprint density at radius 2 is 1.96 bits per heavy atom. The van der Waals surface area contributed by atoms with Crippen LogP contribution in [0, 0.1) is 0 Å². The van der Waals surface area contributed by atoms with Gasteiger partial charge in [0.15, 0.2) is 15.9 Å². The topological polar surface area (TPSA) is 101 Å². The fraction of sp³-hybridized carbons (Fsp3) is 0.467. The number of carboxylic acids is 1. The highest BCUT2D eigenvalue weighted by atomic mass is 32.2. The zero-order valence-electron chi connectivity index (χ0n) is 12.8. The van der Waals surface area contributed by atoms with Gasteiger partial charge in [-0.3, -0.25) is 4.79 Å². The second-order valence-electron chi connectivity index (χ2n) is 5.29. The Bertz CT molecular complexity index is 682. The molecule has 7 nitrogen and oxygen atoms in total. The molecule has 0 aliphatic carbocycles. The van der Waals surface area contributed by atoms with E-state index in [1.165, 1.54) is 29.2 Å². The molecule has 1 unspecified atom stereocenters. The number of carbonyl (C=O) groups is 2. The molecule has 0 saturated carbocycles. The van der Waals surface area contributed by atoms with Crippen LogP contribution < -0.4 is 0 Å². The zero-order chi connectivity index (χ0) is 17.0. The molecule has 8 heteroatoms. The van der Waals surface area contributed by atoms with Crippen LogP contribution in [0.5, 0.6) is 0 Å². The third kappa shape index (κ3) is 4.08. The molecule has 1 N–H and O–H groups in total. The average molecular weight is 341 g/mol. The van der Waals surface area contributed by atoms with Gasteiger partial charge in [0.05, 0.1) is 23.8 Å². The van der Waals surface area contributed by atoms with E-state index in [-0.39, 0.29) is 29.7 Å². The van der Waals surface area contributed by atoms with Crippen LogP contribution in [0.3, 0.4) is 0 Å². The van der Waals surface area contributed by atoms with E-state index < -0.39 is 21.9 Å². The van der Waals surface area contributed by atoms with E-state index in [9.17, 15) is 18.0 Å². The van der Waals surface area contributed by atoms with Crippen LogP contribution in [0.4, 0.5) is 0 Å². The van der Waals surface area contributed by atoms with Crippen molar-refractivity contribution in [3.8, 4) is 0 Å². The lowest BCUT2D eigenvalue weighted by molar-refractivity contribution is -0.154. The summed E-state index contributed by atoms with van der Waals surface area (Å²) >= 11 is 0. The molecule has 1 aromatic carbocycles. The van der Waals surface area contributed by atoms with Gasteiger partial charge in [-0.25, -0.2) is 13.2 Å². The lowest BCUT2D eigenvalue weighted by Gasteiger charge is -2.30. The van der Waals surface area contributed by atoms with Crippen molar-refractivity contribution in [1.29, 1.82) is 0 Å². The molecule has 0 aromatic heterocycles. The number of nitrogens with zero attached hydrogens (tertiary/aromatic N) is 1. The molecule has 1 aromatic rings. The van der Waals surface area contributed by atoms with E-state index in [2.05, 4.69) is 0 Å². The van der Waals surface area contributed by atoms with E-state index in [1.807, 2.05) is 0 Å². The predicted molar refractivity (Wildman–Crippen MR) is 82.1 cm³/mol. The van der Waals surface area contributed by atoms with Crippen molar-refractivity contribution in [3.63, 3.8) is 0 Å². The van der Waals surface area contributed by atoms with Gasteiger partial charge in [-0.05, 0) is 30.7 Å². The quantitative estimate of drug-likeness (QED) is 0.850. The number of amides is 1. The highest BCUT2D eigenvalue weighted by Crippen LogP contribution is 2.16. The van der Waals surface area contributed by atoms with Gasteiger partial charge in [0.25, 0.3) is 5.91 Å². The van der Waals surface area contributed by atoms with Crippen molar-refractivity contribution in [2.75, 3.05) is 25.4 Å². The second-order valence-corrected chi connectivity index (χ2v) is 7.40. The number of carboxylic acid groups (broad SMARTS) is 1. The Kier molecular flexibility index (Phi) is 5.38. The molecule has 23 heavy (non-hydrogen) atoms. The highest BCUT2D eigenvalue weighted by Gasteiger charge is 2.29. The third-order valence-corrected chi connectivity index (χ3v) is 5.50. The Morgan fingerprint density at radius 3 is 2.52 bits per heavy atom. The highest BCUT2D eigenvalue weighted by molar-refractivity contribution is 7.91. The number of rotatable bonds is 5. The fourth-order valence-electron chi connectivity index (χ4n) is 2.36. The van der Waals surface area contributed by atoms with E-state index >= 15 is 0 Å². The number of aliphatic carboxylic acids is 1. The number of sulfone groups is 1. The summed E-state index contributed by atoms with van der Waals surface area (Å²) in [7, 11) is -3.32. The first kappa shape index (κ1) is 17.4. The van der Waals surface area contributed by atoms with E-state index in [0.29, 0.717) is 18.5 Å². The first-order valence-electron chi connectivity index (χ1n) is 7.31. The minimum absolute atomic E-state index is 0.0238. The first-order valence-corrected chi connectivity index (χ1v) is 8.97. The maximum absolute atomic E-state index is 12.4. The molecule has 2 rings (SSSR count). The Balaban J connectivity index is 2.13. The predicted octanol–water partition coefficient (Wildman–Crippen LogP) is 0.796. The smallest absolute Gasteiger partial charge is 0.334 e. The molecule has 1 saturated heterocycles. The molecule has 1 amide bonds. The van der Waals surface area contributed by atoms with Crippen LogP contribution in [0.1, 0.15) is 23.7 Å². The van der Waals surface area contributed by atoms with E-state index in [0.717, 1.165) is 0 Å². The Morgan fingerprint density at radius 1 is 1.30 bits per heavy atom. The number of ether oxygens (including phenoxy) is 1. The van der Waals surface area contributed by atoms with Gasteiger partial charge < -0.3 is 14.7 Å². The average Bonchev–Trinajstić information content (AvgIpc) is 2.54. The second kappa shape index (κ2) is 7.10. The molecule has 1 aliphatic rings. The third-order valence-electron chi connectivity index (χ3n) is 3.56. The summed E-state index contributed by atoms with van der Waals surface area (Å²) in [5, 5.41) is 8.96. The Hall–Kier alpha value is -1.93. The lowest BCUT2D eigenvalue weighted by Crippen LogP contribution is -2.48. The summed E-state index contributed by atoms with van der Waals surface area (Å²) in [6, 6.07) is 5.73. The van der Waals surface area contributed by atoms with Gasteiger partial charge in [0.2, 0.25) is 0 Å². The standard InChI is InChI=1S/C15H19NO6S/c1-2-9-23(20,21)12-5-3-11(4-6-12)14(17)16-7-8-22-13(10-16)15(18)19/h3-6,13H,2,7-10H2,1H3,(H,18,19). The molecule has 1 fully saturated rings. The minimum atomic E-state index is -3.32. The van der Waals surface area contributed by atoms with Crippen molar-refractivity contribution in [2.24, 2.45) is 0 Å². The van der Waals surface area contributed by atoms with Crippen LogP contribution in [0.2, 0.25) is 0 Å². The number of hydrogen-bond donors (Lipinski definition) is 1. The fourth-order valence-corrected chi connectivity index (χ4v) is 3.68. The number of benzene rings is 1. The molecule has 126 valence electrons. The van der Waals surface area contributed by atoms with Gasteiger partial charge in [-0.15, -0.1) is 0 Å². The SMILES string of the molecule is CCCS(=O)(=O)c1ccc(C(=O)N2CCOC(C(=O)O)C2)cc1. The van der Waals surface area contributed by atoms with Crippen molar-refractivity contribution in [1.82, 2.24) is 4.90 Å². The largest absolute Gasteiger partial charge is 0.479 e. The lowest BCUT2D eigenvalue weighted by atomic mass is 10.1. The molecule has 1 atom stereocenters. The Labute approximate surface area is 134 Å². The normalized spacial score (nSPS) is 18.7. The van der Waals surface area contributed by atoms with Crippen LogP contribution in [-0.2, 0) is 19.4 Å². The van der Waals surface area contributed by atoms with Crippen molar-refractivity contribution < 1.29 is 27.9 Å². The summed E-state index contributed by atoms with van der Waals surface area (Å²) in [5.74, 6) is -1.38. The zero-order valence-corrected chi connectivity index (χ0v) is 13.6. The van der Waals surface area contributed by atoms with Gasteiger partial charge in [-0.1, -0.05) is 6.92 Å². The molecule has 1 aliphatic heterocycles. The maximum Gasteiger partial charge on any atom is 0.334 e. The summed E-state index contributed by atoms with van der Waals surface area (Å²) in [4.78, 5) is 24.9. The van der Waals surface area contributed by atoms with Crippen molar-refractivity contribution >= 4 is 21.7 Å². The number of carbonyl (C=O) groups excluding carboxylic acids is 1. The van der Waals surface area contributed by atoms with E-state index in [1.54, 1.807) is 6.92 Å². The maximum atomic E-state index is 12.4. The van der Waals surface area contributed by atoms with Crippen LogP contribution in [0.25, 0.3) is 0 Å². The molecular weight excluding hydrogens is 322 g/mol. The molecule has 0 bridgehead atoms. The first-order chi connectivity index (χ1) is 10.8. The summed E-state index contributed by atoms with van der Waals surface area (Å²) in [5.41, 5.74) is 0.325. The summed E-state index contributed by atoms with van der Waals surface area (Å²) < 4.78 is 29.0. The van der Waals surface area contributed by atoms with Gasteiger partial charge in [-0.2, -0.15) is 0 Å². The molecule has 0 spiro atoms. The monoisotopic (exact) mass is 341 g/mol. The van der Waals surface area contributed by atoms with Crippen LogP contribution in [-0.4, -0.2) is 61.9 Å². The number of hydrogen-bond acceptors (Lipinski definition) is 5.